The van der Waals surface area contributed by atoms with Gasteiger partial charge >= 0.3 is 0 Å². The van der Waals surface area contributed by atoms with Gasteiger partial charge in [-0.25, -0.2) is 4.39 Å². The van der Waals surface area contributed by atoms with Crippen LogP contribution in [-0.2, 0) is 4.79 Å². The fourth-order valence-corrected chi connectivity index (χ4v) is 4.99. The molecule has 1 fully saturated rings. The molecule has 1 saturated heterocycles. The molecule has 4 aromatic rings. The van der Waals surface area contributed by atoms with Crippen LogP contribution in [0.3, 0.4) is 0 Å². The molecule has 0 radical (unpaired) electrons. The summed E-state index contributed by atoms with van der Waals surface area (Å²) in [6, 6.07) is 20.8. The molecule has 8 nitrogen and oxygen atoms in total. The van der Waals surface area contributed by atoms with Gasteiger partial charge in [0.15, 0.2) is 0 Å². The normalized spacial score (nSPS) is 13.4. The number of nitrogens with zero attached hydrogens (tertiary/aromatic N) is 4. The fraction of sp³-hybridized carbons (Fsp3) is 0.185. The van der Waals surface area contributed by atoms with Crippen LogP contribution in [0.15, 0.2) is 86.9 Å². The third kappa shape index (κ3) is 6.40. The van der Waals surface area contributed by atoms with E-state index in [0.717, 1.165) is 35.0 Å². The molecule has 0 spiro atoms. The third-order valence-electron chi connectivity index (χ3n) is 5.98. The fourth-order valence-electron chi connectivity index (χ4n) is 4.03. The number of anilines is 2. The molecule has 0 unspecified atom stereocenters. The molecule has 2 heterocycles. The van der Waals surface area contributed by atoms with Gasteiger partial charge in [-0.2, -0.15) is 0 Å². The lowest BCUT2D eigenvalue weighted by molar-refractivity contribution is -0.113. The Morgan fingerprint density at radius 3 is 2.42 bits per heavy atom. The standard InChI is InChI=1S/C27H23BrFN5O3S/c28-20-3-1-2-19(16-20)26(36)34-14-12-33(13-15-34)23-10-8-22(9-11-23)30-24(35)17-38-27-32-31-25(37-27)18-4-6-21(29)7-5-18/h1-11,16H,12-15,17H2,(H,30,35). The van der Waals surface area contributed by atoms with Gasteiger partial charge in [-0.05, 0) is 66.7 Å². The minimum absolute atomic E-state index is 0.0362. The highest BCUT2D eigenvalue weighted by Gasteiger charge is 2.22. The second-order valence-corrected chi connectivity index (χ2v) is 10.4. The number of hydrogen-bond acceptors (Lipinski definition) is 7. The first-order valence-electron chi connectivity index (χ1n) is 11.9. The molecule has 0 atom stereocenters. The number of thioether (sulfide) groups is 1. The number of carbonyl (C=O) groups is 2. The van der Waals surface area contributed by atoms with E-state index in [0.29, 0.717) is 29.9 Å². The predicted octanol–water partition coefficient (Wildman–Crippen LogP) is 5.33. The van der Waals surface area contributed by atoms with Crippen molar-refractivity contribution < 1.29 is 18.4 Å². The molecule has 0 saturated carbocycles. The molecule has 194 valence electrons. The minimum atomic E-state index is -0.348. The SMILES string of the molecule is O=C(CSc1nnc(-c2ccc(F)cc2)o1)Nc1ccc(N2CCN(C(=O)c3cccc(Br)c3)CC2)cc1. The summed E-state index contributed by atoms with van der Waals surface area (Å²) in [4.78, 5) is 29.3. The Morgan fingerprint density at radius 2 is 1.71 bits per heavy atom. The Hall–Kier alpha value is -3.70. The summed E-state index contributed by atoms with van der Waals surface area (Å²) >= 11 is 4.54. The van der Waals surface area contributed by atoms with Crippen molar-refractivity contribution >= 4 is 50.9 Å². The van der Waals surface area contributed by atoms with E-state index in [4.69, 9.17) is 4.42 Å². The molecule has 0 aliphatic carbocycles. The number of halogens is 2. The van der Waals surface area contributed by atoms with Crippen molar-refractivity contribution in [2.45, 2.75) is 5.22 Å². The number of piperazine rings is 1. The second kappa shape index (κ2) is 11.8. The summed E-state index contributed by atoms with van der Waals surface area (Å²) in [6.45, 7) is 2.73. The van der Waals surface area contributed by atoms with Crippen molar-refractivity contribution in [3.63, 3.8) is 0 Å². The largest absolute Gasteiger partial charge is 0.411 e. The van der Waals surface area contributed by atoms with Gasteiger partial charge in [-0.15, -0.1) is 10.2 Å². The van der Waals surface area contributed by atoms with E-state index in [1.165, 1.54) is 12.1 Å². The van der Waals surface area contributed by atoms with Crippen molar-refractivity contribution in [1.82, 2.24) is 15.1 Å². The van der Waals surface area contributed by atoms with E-state index >= 15 is 0 Å². The highest BCUT2D eigenvalue weighted by atomic mass is 79.9. The maximum Gasteiger partial charge on any atom is 0.277 e. The van der Waals surface area contributed by atoms with Crippen LogP contribution in [0, 0.1) is 5.82 Å². The van der Waals surface area contributed by atoms with Gasteiger partial charge in [-0.1, -0.05) is 33.8 Å². The number of nitrogens with one attached hydrogen (secondary N) is 1. The van der Waals surface area contributed by atoms with Gasteiger partial charge < -0.3 is 19.5 Å². The molecule has 0 bridgehead atoms. The summed E-state index contributed by atoms with van der Waals surface area (Å²) in [7, 11) is 0. The highest BCUT2D eigenvalue weighted by Crippen LogP contribution is 2.24. The molecular formula is C27H23BrFN5O3S. The van der Waals surface area contributed by atoms with Crippen LogP contribution in [-0.4, -0.2) is 58.8 Å². The number of amides is 2. The smallest absolute Gasteiger partial charge is 0.277 e. The summed E-state index contributed by atoms with van der Waals surface area (Å²) in [5, 5.41) is 11.0. The Bertz CT molecular complexity index is 1420. The summed E-state index contributed by atoms with van der Waals surface area (Å²) < 4.78 is 19.5. The predicted molar refractivity (Wildman–Crippen MR) is 148 cm³/mol. The molecule has 2 amide bonds. The maximum atomic E-state index is 13.1. The molecule has 1 N–H and O–H groups in total. The minimum Gasteiger partial charge on any atom is -0.411 e. The number of hydrogen-bond donors (Lipinski definition) is 1. The van der Waals surface area contributed by atoms with Crippen molar-refractivity contribution in [2.75, 3.05) is 42.1 Å². The number of aromatic nitrogens is 2. The van der Waals surface area contributed by atoms with Gasteiger partial charge in [0.25, 0.3) is 11.1 Å². The van der Waals surface area contributed by atoms with Crippen LogP contribution in [0.5, 0.6) is 0 Å². The second-order valence-electron chi connectivity index (χ2n) is 8.55. The zero-order valence-electron chi connectivity index (χ0n) is 20.1. The quantitative estimate of drug-likeness (QED) is 0.289. The van der Waals surface area contributed by atoms with Gasteiger partial charge in [0, 0.05) is 53.2 Å². The maximum absolute atomic E-state index is 13.1. The lowest BCUT2D eigenvalue weighted by atomic mass is 10.1. The molecule has 5 rings (SSSR count). The van der Waals surface area contributed by atoms with E-state index in [2.05, 4.69) is 36.3 Å². The molecule has 11 heteroatoms. The Balaban J connectivity index is 1.09. The van der Waals surface area contributed by atoms with E-state index in [9.17, 15) is 14.0 Å². The summed E-state index contributed by atoms with van der Waals surface area (Å²) in [5.41, 5.74) is 3.00. The van der Waals surface area contributed by atoms with Crippen LogP contribution in [0.4, 0.5) is 15.8 Å². The zero-order valence-corrected chi connectivity index (χ0v) is 22.5. The van der Waals surface area contributed by atoms with Gasteiger partial charge in [0.05, 0.1) is 5.75 Å². The van der Waals surface area contributed by atoms with Gasteiger partial charge in [-0.3, -0.25) is 9.59 Å². The van der Waals surface area contributed by atoms with E-state index in [1.54, 1.807) is 12.1 Å². The van der Waals surface area contributed by atoms with Crippen LogP contribution >= 0.6 is 27.7 Å². The Kier molecular flexibility index (Phi) is 8.04. The third-order valence-corrected chi connectivity index (χ3v) is 7.29. The summed E-state index contributed by atoms with van der Waals surface area (Å²) in [5.74, 6) is -0.153. The van der Waals surface area contributed by atoms with Crippen molar-refractivity contribution in [1.29, 1.82) is 0 Å². The molecule has 1 aliphatic rings. The average Bonchev–Trinajstić information content (AvgIpc) is 3.42. The van der Waals surface area contributed by atoms with E-state index in [1.807, 2.05) is 53.4 Å². The first kappa shape index (κ1) is 25.9. The lowest BCUT2D eigenvalue weighted by Gasteiger charge is -2.36. The summed E-state index contributed by atoms with van der Waals surface area (Å²) in [6.07, 6.45) is 0. The number of carbonyl (C=O) groups excluding carboxylic acids is 2. The molecule has 3 aromatic carbocycles. The molecule has 38 heavy (non-hydrogen) atoms. The van der Waals surface area contributed by atoms with Crippen LogP contribution in [0.25, 0.3) is 11.5 Å². The van der Waals surface area contributed by atoms with Crippen LogP contribution in [0.2, 0.25) is 0 Å². The van der Waals surface area contributed by atoms with Crippen LogP contribution in [0.1, 0.15) is 10.4 Å². The first-order valence-corrected chi connectivity index (χ1v) is 13.6. The molecule has 1 aromatic heterocycles. The van der Waals surface area contributed by atoms with Crippen molar-refractivity contribution in [2.24, 2.45) is 0 Å². The number of rotatable bonds is 7. The monoisotopic (exact) mass is 595 g/mol. The Labute approximate surface area is 231 Å². The Morgan fingerprint density at radius 1 is 0.974 bits per heavy atom. The lowest BCUT2D eigenvalue weighted by Crippen LogP contribution is -2.48. The van der Waals surface area contributed by atoms with Gasteiger partial charge in [0.1, 0.15) is 5.82 Å². The first-order chi connectivity index (χ1) is 18.4. The van der Waals surface area contributed by atoms with E-state index < -0.39 is 0 Å². The topological polar surface area (TPSA) is 91.6 Å². The highest BCUT2D eigenvalue weighted by molar-refractivity contribution is 9.10. The average molecular weight is 596 g/mol. The van der Waals surface area contributed by atoms with Gasteiger partial charge in [0.2, 0.25) is 11.8 Å². The molecule has 1 aliphatic heterocycles. The van der Waals surface area contributed by atoms with Crippen LogP contribution < -0.4 is 10.2 Å². The number of benzene rings is 3. The molecular weight excluding hydrogens is 573 g/mol. The van der Waals surface area contributed by atoms with Crippen molar-refractivity contribution in [3.05, 3.63) is 88.6 Å². The zero-order chi connectivity index (χ0) is 26.5. The van der Waals surface area contributed by atoms with E-state index in [-0.39, 0.29) is 34.5 Å². The van der Waals surface area contributed by atoms with Crippen molar-refractivity contribution in [3.8, 4) is 11.5 Å².